The van der Waals surface area contributed by atoms with Gasteiger partial charge in [0.25, 0.3) is 0 Å². The summed E-state index contributed by atoms with van der Waals surface area (Å²) < 4.78 is 5.47. The Morgan fingerprint density at radius 1 is 1.69 bits per heavy atom. The van der Waals surface area contributed by atoms with Crippen LogP contribution < -0.4 is 5.32 Å². The number of rotatable bonds is 4. The van der Waals surface area contributed by atoms with Crippen molar-refractivity contribution >= 4 is 0 Å². The van der Waals surface area contributed by atoms with Gasteiger partial charge in [-0.15, -0.1) is 6.42 Å². The molecule has 2 rings (SSSR count). The summed E-state index contributed by atoms with van der Waals surface area (Å²) in [6, 6.07) is 2.65. The van der Waals surface area contributed by atoms with Crippen LogP contribution in [0.3, 0.4) is 0 Å². The molecule has 0 saturated heterocycles. The molecule has 0 bridgehead atoms. The highest BCUT2D eigenvalue weighted by Crippen LogP contribution is 2.30. The van der Waals surface area contributed by atoms with Crippen molar-refractivity contribution in [3.8, 4) is 12.3 Å². The first-order valence-electron chi connectivity index (χ1n) is 6.13. The van der Waals surface area contributed by atoms with Crippen molar-refractivity contribution in [3.05, 3.63) is 23.7 Å². The molecule has 0 radical (unpaired) electrons. The molecule has 2 heteroatoms. The highest BCUT2D eigenvalue weighted by Gasteiger charge is 2.23. The van der Waals surface area contributed by atoms with Crippen LogP contribution >= 0.6 is 0 Å². The predicted octanol–water partition coefficient (Wildman–Crippen LogP) is 3.05. The van der Waals surface area contributed by atoms with Gasteiger partial charge < -0.3 is 4.42 Å². The summed E-state index contributed by atoms with van der Waals surface area (Å²) in [5.74, 6) is 3.97. The van der Waals surface area contributed by atoms with Gasteiger partial charge in [-0.25, -0.2) is 0 Å². The summed E-state index contributed by atoms with van der Waals surface area (Å²) in [5.41, 5.74) is 1.31. The quantitative estimate of drug-likeness (QED) is 0.784. The van der Waals surface area contributed by atoms with Gasteiger partial charge in [0.2, 0.25) is 0 Å². The van der Waals surface area contributed by atoms with E-state index in [1.807, 2.05) is 0 Å². The maximum Gasteiger partial charge on any atom is 0.108 e. The molecule has 1 aromatic heterocycles. The third kappa shape index (κ3) is 2.31. The van der Waals surface area contributed by atoms with Crippen molar-refractivity contribution in [2.75, 3.05) is 0 Å². The predicted molar refractivity (Wildman–Crippen MR) is 65.1 cm³/mol. The van der Waals surface area contributed by atoms with Gasteiger partial charge >= 0.3 is 0 Å². The van der Waals surface area contributed by atoms with Crippen LogP contribution in [0.15, 0.2) is 16.7 Å². The Hall–Kier alpha value is -1.20. The Labute approximate surface area is 97.4 Å². The van der Waals surface area contributed by atoms with Crippen LogP contribution in [0.4, 0.5) is 0 Å². The van der Waals surface area contributed by atoms with Crippen molar-refractivity contribution in [3.63, 3.8) is 0 Å². The summed E-state index contributed by atoms with van der Waals surface area (Å²) in [6.45, 7) is 2.16. The van der Waals surface area contributed by atoms with Gasteiger partial charge in [0.05, 0.1) is 12.3 Å². The Bertz CT molecular complexity index is 374. The van der Waals surface area contributed by atoms with Gasteiger partial charge in [0.1, 0.15) is 5.76 Å². The van der Waals surface area contributed by atoms with Crippen molar-refractivity contribution in [2.24, 2.45) is 0 Å². The van der Waals surface area contributed by atoms with E-state index in [1.165, 1.54) is 12.0 Å². The third-order valence-electron chi connectivity index (χ3n) is 3.23. The molecular formula is C14H19NO. The molecule has 16 heavy (non-hydrogen) atoms. The average molecular weight is 217 g/mol. The number of fused-ring (bicyclic) bond motifs is 1. The van der Waals surface area contributed by atoms with Gasteiger partial charge in [0, 0.05) is 18.0 Å². The first-order valence-corrected chi connectivity index (χ1v) is 6.13. The minimum atomic E-state index is 0.191. The Kier molecular flexibility index (Phi) is 3.69. The van der Waals surface area contributed by atoms with Crippen LogP contribution in [0.2, 0.25) is 0 Å². The largest absolute Gasteiger partial charge is 0.469 e. The lowest BCUT2D eigenvalue weighted by Gasteiger charge is -2.25. The van der Waals surface area contributed by atoms with E-state index in [-0.39, 0.29) is 6.04 Å². The normalized spacial score (nSPS) is 21.1. The molecule has 0 fully saturated rings. The summed E-state index contributed by atoms with van der Waals surface area (Å²) in [5, 5.41) is 3.55. The molecule has 86 valence electrons. The topological polar surface area (TPSA) is 25.2 Å². The van der Waals surface area contributed by atoms with Crippen molar-refractivity contribution in [2.45, 2.75) is 51.1 Å². The lowest BCUT2D eigenvalue weighted by atomic mass is 9.92. The van der Waals surface area contributed by atoms with E-state index >= 15 is 0 Å². The second-order valence-electron chi connectivity index (χ2n) is 4.42. The van der Waals surface area contributed by atoms with Gasteiger partial charge in [0.15, 0.2) is 0 Å². The molecule has 1 aliphatic carbocycles. The highest BCUT2D eigenvalue weighted by molar-refractivity contribution is 5.24. The van der Waals surface area contributed by atoms with E-state index in [2.05, 4.69) is 24.2 Å². The van der Waals surface area contributed by atoms with Crippen LogP contribution in [-0.4, -0.2) is 6.04 Å². The Morgan fingerprint density at radius 2 is 2.56 bits per heavy atom. The van der Waals surface area contributed by atoms with E-state index in [0.29, 0.717) is 6.04 Å². The monoisotopic (exact) mass is 217 g/mol. The van der Waals surface area contributed by atoms with E-state index in [4.69, 9.17) is 10.8 Å². The van der Waals surface area contributed by atoms with Gasteiger partial charge in [-0.05, 0) is 25.3 Å². The molecule has 0 spiro atoms. The second kappa shape index (κ2) is 5.23. The van der Waals surface area contributed by atoms with Gasteiger partial charge in [-0.3, -0.25) is 5.32 Å². The molecule has 0 amide bonds. The maximum atomic E-state index is 5.54. The summed E-state index contributed by atoms with van der Waals surface area (Å²) in [7, 11) is 0. The Balaban J connectivity index is 2.04. The average Bonchev–Trinajstić information content (AvgIpc) is 2.77. The van der Waals surface area contributed by atoms with Crippen LogP contribution in [0, 0.1) is 12.3 Å². The summed E-state index contributed by atoms with van der Waals surface area (Å²) >= 11 is 0. The Morgan fingerprint density at radius 3 is 3.31 bits per heavy atom. The molecule has 0 saturated carbocycles. The number of hydrogen-bond acceptors (Lipinski definition) is 2. The minimum Gasteiger partial charge on any atom is -0.469 e. The van der Waals surface area contributed by atoms with E-state index < -0.39 is 0 Å². The van der Waals surface area contributed by atoms with Crippen molar-refractivity contribution < 1.29 is 4.42 Å². The molecule has 2 atom stereocenters. The second-order valence-corrected chi connectivity index (χ2v) is 4.42. The molecule has 1 N–H and O–H groups in total. The van der Waals surface area contributed by atoms with Crippen molar-refractivity contribution in [1.82, 2.24) is 5.32 Å². The first kappa shape index (κ1) is 11.3. The number of terminal acetylenes is 1. The zero-order valence-corrected chi connectivity index (χ0v) is 9.83. The molecule has 0 aliphatic heterocycles. The molecule has 1 heterocycles. The molecule has 1 aliphatic rings. The number of aryl methyl sites for hydroxylation is 1. The summed E-state index contributed by atoms with van der Waals surface area (Å²) in [6.07, 6.45) is 12.9. The lowest BCUT2D eigenvalue weighted by molar-refractivity contribution is 0.390. The molecular weight excluding hydrogens is 198 g/mol. The van der Waals surface area contributed by atoms with Crippen LogP contribution in [0.25, 0.3) is 0 Å². The number of hydrogen-bond donors (Lipinski definition) is 1. The van der Waals surface area contributed by atoms with E-state index in [0.717, 1.165) is 31.4 Å². The van der Waals surface area contributed by atoms with Crippen LogP contribution in [0.5, 0.6) is 0 Å². The van der Waals surface area contributed by atoms with Crippen LogP contribution in [-0.2, 0) is 6.42 Å². The zero-order valence-electron chi connectivity index (χ0n) is 9.83. The van der Waals surface area contributed by atoms with E-state index in [9.17, 15) is 0 Å². The fraction of sp³-hybridized carbons (Fsp3) is 0.571. The lowest BCUT2D eigenvalue weighted by Crippen LogP contribution is -2.33. The highest BCUT2D eigenvalue weighted by atomic mass is 16.3. The first-order chi connectivity index (χ1) is 7.85. The summed E-state index contributed by atoms with van der Waals surface area (Å²) in [4.78, 5) is 0. The minimum absolute atomic E-state index is 0.191. The fourth-order valence-corrected chi connectivity index (χ4v) is 2.41. The standard InChI is InChI=1S/C14H19NO/c1-3-6-11(4-2)15-13-7-5-8-14-12(13)9-10-16-14/h2,9-11,13,15H,3,5-8H2,1H3. The third-order valence-corrected chi connectivity index (χ3v) is 3.23. The molecule has 0 aromatic carbocycles. The number of furan rings is 1. The van der Waals surface area contributed by atoms with E-state index in [1.54, 1.807) is 6.26 Å². The zero-order chi connectivity index (χ0) is 11.4. The molecule has 2 nitrogen and oxygen atoms in total. The number of nitrogens with one attached hydrogen (secondary N) is 1. The van der Waals surface area contributed by atoms with Gasteiger partial charge in [-0.1, -0.05) is 19.3 Å². The molecule has 2 unspecified atom stereocenters. The van der Waals surface area contributed by atoms with Gasteiger partial charge in [-0.2, -0.15) is 0 Å². The smallest absolute Gasteiger partial charge is 0.108 e. The van der Waals surface area contributed by atoms with Crippen molar-refractivity contribution in [1.29, 1.82) is 0 Å². The van der Waals surface area contributed by atoms with Crippen LogP contribution in [0.1, 0.15) is 50.0 Å². The maximum absolute atomic E-state index is 5.54. The fourth-order valence-electron chi connectivity index (χ4n) is 2.41. The SMILES string of the molecule is C#CC(CCC)NC1CCCc2occc21. The molecule has 1 aromatic rings.